The molecule has 0 radical (unpaired) electrons. The molecule has 1 aliphatic rings. The Labute approximate surface area is 148 Å². The van der Waals surface area contributed by atoms with Crippen LogP contribution in [-0.2, 0) is 11.2 Å². The van der Waals surface area contributed by atoms with Crippen LogP contribution in [0.4, 0.5) is 0 Å². The van der Waals surface area contributed by atoms with Crippen LogP contribution in [0.1, 0.15) is 38.2 Å². The van der Waals surface area contributed by atoms with E-state index in [9.17, 15) is 4.79 Å². The van der Waals surface area contributed by atoms with E-state index >= 15 is 0 Å². The first-order valence-electron chi connectivity index (χ1n) is 8.59. The first kappa shape index (κ1) is 18.5. The van der Waals surface area contributed by atoms with Crippen LogP contribution in [0, 0.1) is 0 Å². The molecule has 0 aliphatic heterocycles. The lowest BCUT2D eigenvalue weighted by Crippen LogP contribution is -2.38. The summed E-state index contributed by atoms with van der Waals surface area (Å²) in [5, 5.41) is 10.00. The number of rotatable bonds is 9. The average Bonchev–Trinajstić information content (AvgIpc) is 3.37. The van der Waals surface area contributed by atoms with E-state index in [4.69, 9.17) is 11.6 Å². The molecule has 6 nitrogen and oxygen atoms in total. The molecule has 1 amide bonds. The molecule has 0 aromatic carbocycles. The van der Waals surface area contributed by atoms with E-state index in [1.54, 1.807) is 12.3 Å². The summed E-state index contributed by atoms with van der Waals surface area (Å²) in [6.45, 7) is 4.23. The van der Waals surface area contributed by atoms with Crippen molar-refractivity contribution in [2.75, 3.05) is 19.6 Å². The summed E-state index contributed by atoms with van der Waals surface area (Å²) in [6, 6.07) is 4.20. The molecule has 24 heavy (non-hydrogen) atoms. The summed E-state index contributed by atoms with van der Waals surface area (Å²) in [6.07, 6.45) is 6.18. The van der Waals surface area contributed by atoms with Gasteiger partial charge in [0.1, 0.15) is 5.15 Å². The third-order valence-corrected chi connectivity index (χ3v) is 3.84. The lowest BCUT2D eigenvalue weighted by Gasteiger charge is -2.11. The lowest BCUT2D eigenvalue weighted by molar-refractivity contribution is -0.121. The Bertz CT molecular complexity index is 542. The predicted octanol–water partition coefficient (Wildman–Crippen LogP) is 1.89. The summed E-state index contributed by atoms with van der Waals surface area (Å²) in [4.78, 5) is 20.2. The second kappa shape index (κ2) is 10.1. The largest absolute Gasteiger partial charge is 0.357 e. The van der Waals surface area contributed by atoms with Crippen LogP contribution >= 0.6 is 11.6 Å². The van der Waals surface area contributed by atoms with Crippen molar-refractivity contribution in [3.05, 3.63) is 29.0 Å². The summed E-state index contributed by atoms with van der Waals surface area (Å²) >= 11 is 5.78. The molecule has 0 spiro atoms. The number of pyridine rings is 1. The van der Waals surface area contributed by atoms with Crippen molar-refractivity contribution in [2.45, 2.75) is 45.1 Å². The molecule has 132 valence electrons. The summed E-state index contributed by atoms with van der Waals surface area (Å²) in [5.41, 5.74) is 1.12. The Morgan fingerprint density at radius 3 is 2.88 bits per heavy atom. The molecular formula is C17H26ClN5O. The second-order valence-electron chi connectivity index (χ2n) is 5.87. The highest BCUT2D eigenvalue weighted by atomic mass is 35.5. The van der Waals surface area contributed by atoms with Crippen molar-refractivity contribution in [1.82, 2.24) is 20.9 Å². The highest BCUT2D eigenvalue weighted by Crippen LogP contribution is 2.18. The molecule has 0 atom stereocenters. The van der Waals surface area contributed by atoms with Crippen molar-refractivity contribution in [3.8, 4) is 0 Å². The minimum atomic E-state index is 0.140. The van der Waals surface area contributed by atoms with Gasteiger partial charge in [-0.2, -0.15) is 0 Å². The van der Waals surface area contributed by atoms with Gasteiger partial charge in [0.2, 0.25) is 5.91 Å². The zero-order chi connectivity index (χ0) is 17.2. The summed E-state index contributed by atoms with van der Waals surface area (Å²) < 4.78 is 0. The van der Waals surface area contributed by atoms with E-state index in [2.05, 4.69) is 25.9 Å². The number of guanidine groups is 1. The van der Waals surface area contributed by atoms with Crippen LogP contribution in [0.2, 0.25) is 5.15 Å². The molecule has 0 bridgehead atoms. The summed E-state index contributed by atoms with van der Waals surface area (Å²) in [7, 11) is 0. The van der Waals surface area contributed by atoms with Gasteiger partial charge in [-0.3, -0.25) is 9.79 Å². The SMILES string of the molecule is CCNC(=NCCCC(=O)NC1CC1)NCCc1ccc(Cl)nc1. The smallest absolute Gasteiger partial charge is 0.220 e. The van der Waals surface area contributed by atoms with Gasteiger partial charge in [0.15, 0.2) is 5.96 Å². The van der Waals surface area contributed by atoms with Gasteiger partial charge in [0, 0.05) is 38.3 Å². The minimum Gasteiger partial charge on any atom is -0.357 e. The highest BCUT2D eigenvalue weighted by molar-refractivity contribution is 6.29. The van der Waals surface area contributed by atoms with Crippen LogP contribution in [-0.4, -0.2) is 42.5 Å². The number of aliphatic imine (C=N–C) groups is 1. The van der Waals surface area contributed by atoms with Gasteiger partial charge < -0.3 is 16.0 Å². The zero-order valence-corrected chi connectivity index (χ0v) is 14.9. The number of carbonyl (C=O) groups excluding carboxylic acids is 1. The third kappa shape index (κ3) is 7.64. The van der Waals surface area contributed by atoms with Crippen molar-refractivity contribution in [3.63, 3.8) is 0 Å². The van der Waals surface area contributed by atoms with Gasteiger partial charge in [-0.1, -0.05) is 17.7 Å². The van der Waals surface area contributed by atoms with Crippen molar-refractivity contribution in [1.29, 1.82) is 0 Å². The third-order valence-electron chi connectivity index (χ3n) is 3.61. The molecule has 1 saturated carbocycles. The van der Waals surface area contributed by atoms with E-state index in [1.165, 1.54) is 0 Å². The molecule has 0 saturated heterocycles. The Morgan fingerprint density at radius 2 is 2.21 bits per heavy atom. The number of nitrogens with zero attached hydrogens (tertiary/aromatic N) is 2. The summed E-state index contributed by atoms with van der Waals surface area (Å²) in [5.74, 6) is 0.919. The number of aromatic nitrogens is 1. The Morgan fingerprint density at radius 1 is 1.38 bits per heavy atom. The molecular weight excluding hydrogens is 326 g/mol. The first-order chi connectivity index (χ1) is 11.7. The minimum absolute atomic E-state index is 0.140. The standard InChI is InChI=1S/C17H26ClN5O/c1-2-19-17(20-10-3-4-16(24)23-14-6-7-14)21-11-9-13-5-8-15(18)22-12-13/h5,8,12,14H,2-4,6-7,9-11H2,1H3,(H,23,24)(H2,19,20,21). The van der Waals surface area contributed by atoms with Gasteiger partial charge in [-0.05, 0) is 44.2 Å². The Balaban J connectivity index is 1.65. The zero-order valence-electron chi connectivity index (χ0n) is 14.1. The molecule has 7 heteroatoms. The fourth-order valence-corrected chi connectivity index (χ4v) is 2.29. The first-order valence-corrected chi connectivity index (χ1v) is 8.97. The highest BCUT2D eigenvalue weighted by Gasteiger charge is 2.22. The topological polar surface area (TPSA) is 78.4 Å². The van der Waals surface area contributed by atoms with Crippen LogP contribution in [0.15, 0.2) is 23.3 Å². The predicted molar refractivity (Wildman–Crippen MR) is 97.3 cm³/mol. The van der Waals surface area contributed by atoms with E-state index in [0.717, 1.165) is 50.3 Å². The Kier molecular flexibility index (Phi) is 7.82. The monoisotopic (exact) mass is 351 g/mol. The number of amides is 1. The van der Waals surface area contributed by atoms with Gasteiger partial charge in [0.25, 0.3) is 0 Å². The van der Waals surface area contributed by atoms with Gasteiger partial charge in [-0.15, -0.1) is 0 Å². The number of hydrogen-bond acceptors (Lipinski definition) is 3. The molecule has 0 unspecified atom stereocenters. The maximum Gasteiger partial charge on any atom is 0.220 e. The fraction of sp³-hybridized carbons (Fsp3) is 0.588. The fourth-order valence-electron chi connectivity index (χ4n) is 2.18. The van der Waals surface area contributed by atoms with Crippen LogP contribution in [0.5, 0.6) is 0 Å². The second-order valence-corrected chi connectivity index (χ2v) is 6.26. The van der Waals surface area contributed by atoms with Crippen LogP contribution in [0.25, 0.3) is 0 Å². The quantitative estimate of drug-likeness (QED) is 0.275. The number of carbonyl (C=O) groups is 1. The van der Waals surface area contributed by atoms with E-state index < -0.39 is 0 Å². The maximum absolute atomic E-state index is 11.6. The van der Waals surface area contributed by atoms with Gasteiger partial charge >= 0.3 is 0 Å². The molecule has 3 N–H and O–H groups in total. The van der Waals surface area contributed by atoms with E-state index in [1.807, 2.05) is 13.0 Å². The molecule has 1 aromatic heterocycles. The van der Waals surface area contributed by atoms with Gasteiger partial charge in [0.05, 0.1) is 0 Å². The Hall–Kier alpha value is -1.82. The molecule has 1 aliphatic carbocycles. The molecule has 2 rings (SSSR count). The van der Waals surface area contributed by atoms with Crippen LogP contribution < -0.4 is 16.0 Å². The molecule has 1 heterocycles. The number of halogens is 1. The average molecular weight is 352 g/mol. The number of nitrogens with one attached hydrogen (secondary N) is 3. The van der Waals surface area contributed by atoms with Crippen molar-refractivity contribution >= 4 is 23.5 Å². The van der Waals surface area contributed by atoms with Crippen molar-refractivity contribution in [2.24, 2.45) is 4.99 Å². The van der Waals surface area contributed by atoms with Crippen LogP contribution in [0.3, 0.4) is 0 Å². The normalized spacial score (nSPS) is 14.3. The molecule has 1 aromatic rings. The van der Waals surface area contributed by atoms with E-state index in [-0.39, 0.29) is 5.91 Å². The maximum atomic E-state index is 11.6. The number of hydrogen-bond donors (Lipinski definition) is 3. The van der Waals surface area contributed by atoms with Gasteiger partial charge in [-0.25, -0.2) is 4.98 Å². The van der Waals surface area contributed by atoms with Crippen molar-refractivity contribution < 1.29 is 4.79 Å². The molecule has 1 fully saturated rings. The van der Waals surface area contributed by atoms with E-state index in [0.29, 0.717) is 24.2 Å². The lowest BCUT2D eigenvalue weighted by atomic mass is 10.2.